The van der Waals surface area contributed by atoms with Gasteiger partial charge in [-0.1, -0.05) is 30.3 Å². The fourth-order valence-corrected chi connectivity index (χ4v) is 7.87. The number of carbonyl (C=O) groups is 1. The van der Waals surface area contributed by atoms with E-state index >= 15 is 0 Å². The number of imidazole rings is 1. The van der Waals surface area contributed by atoms with Crippen LogP contribution in [0, 0.1) is 5.41 Å². The number of nitrogens with one attached hydrogen (secondary N) is 1. The molecule has 0 bridgehead atoms. The topological polar surface area (TPSA) is 139 Å². The van der Waals surface area contributed by atoms with Crippen LogP contribution in [-0.4, -0.2) is 47.3 Å². The third-order valence-electron chi connectivity index (χ3n) is 4.80. The molecule has 4 aromatic rings. The third-order valence-corrected chi connectivity index (χ3v) is 9.72. The molecule has 0 aliphatic heterocycles. The molecular weight excluding hydrogens is 617 g/mol. The molecule has 0 saturated carbocycles. The van der Waals surface area contributed by atoms with E-state index in [0.717, 1.165) is 11.1 Å². The summed E-state index contributed by atoms with van der Waals surface area (Å²) in [7, 11) is -3.80. The van der Waals surface area contributed by atoms with Gasteiger partial charge >= 0.3 is 12.1 Å². The Bertz CT molecular complexity index is 1570. The number of nitrogens with zero attached hydrogens (tertiary/aromatic N) is 2. The lowest BCUT2D eigenvalue weighted by molar-refractivity contribution is -0.192. The lowest BCUT2D eigenvalue weighted by atomic mass is 10.2. The number of carboxylic acid groups (broad SMARTS) is 1. The second-order valence-electron chi connectivity index (χ2n) is 7.32. The summed E-state index contributed by atoms with van der Waals surface area (Å²) in [4.78, 5) is 14.1. The Morgan fingerprint density at radius 1 is 1.24 bits per heavy atom. The van der Waals surface area contributed by atoms with Crippen molar-refractivity contribution in [2.75, 3.05) is 6.26 Å². The lowest BCUT2D eigenvalue weighted by Crippen LogP contribution is -2.21. The van der Waals surface area contributed by atoms with Gasteiger partial charge in [-0.3, -0.25) is 5.41 Å². The fourth-order valence-electron chi connectivity index (χ4n) is 3.13. The van der Waals surface area contributed by atoms with E-state index in [1.54, 1.807) is 24.7 Å². The first kappa shape index (κ1) is 28.7. The molecule has 0 radical (unpaired) electrons. The lowest BCUT2D eigenvalue weighted by Gasteiger charge is -2.09. The van der Waals surface area contributed by atoms with Gasteiger partial charge in [-0.2, -0.15) is 13.2 Å². The van der Waals surface area contributed by atoms with Crippen molar-refractivity contribution in [3.05, 3.63) is 69.8 Å². The standard InChI is InChI=1S/C20H17BrN4O2S3.C2HF3O2/c1-28-20-17(9-16(29-20)19(22)23)30(26,27)13-7-14(21)18-15(8-13)24-11-25(18)10-12-5-3-2-4-6-12;3-2(4,5)1(6)7/h2-9,11H,10H2,1H3,(H3,22,23);(H,6,7). The normalized spacial score (nSPS) is 11.7. The molecule has 37 heavy (non-hydrogen) atoms. The molecule has 8 nitrogen and oxygen atoms in total. The Morgan fingerprint density at radius 2 is 1.86 bits per heavy atom. The first-order valence-corrected chi connectivity index (χ1v) is 14.3. The molecule has 2 heterocycles. The number of nitrogens with two attached hydrogens (primary N) is 1. The maximum atomic E-state index is 13.4. The van der Waals surface area contributed by atoms with Crippen LogP contribution in [0.15, 0.2) is 73.3 Å². The Balaban J connectivity index is 0.000000479. The summed E-state index contributed by atoms with van der Waals surface area (Å²) in [5.74, 6) is -2.90. The van der Waals surface area contributed by atoms with Crippen LogP contribution in [0.5, 0.6) is 0 Å². The molecule has 0 spiro atoms. The average Bonchev–Trinajstić information content (AvgIpc) is 3.45. The van der Waals surface area contributed by atoms with E-state index in [0.29, 0.717) is 25.6 Å². The Kier molecular flexibility index (Phi) is 8.72. The minimum Gasteiger partial charge on any atom is -0.475 e. The second kappa shape index (κ2) is 11.2. The van der Waals surface area contributed by atoms with E-state index in [4.69, 9.17) is 21.0 Å². The number of thiophene rings is 1. The van der Waals surface area contributed by atoms with Crippen molar-refractivity contribution in [1.82, 2.24) is 9.55 Å². The molecular formula is C22H18BrF3N4O4S3. The molecule has 0 amide bonds. The van der Waals surface area contributed by atoms with Crippen LogP contribution in [0.1, 0.15) is 10.4 Å². The maximum Gasteiger partial charge on any atom is 0.490 e. The van der Waals surface area contributed by atoms with Crippen molar-refractivity contribution in [1.29, 1.82) is 5.41 Å². The molecule has 4 N–H and O–H groups in total. The number of carboxylic acids is 1. The number of fused-ring (bicyclic) bond motifs is 1. The van der Waals surface area contributed by atoms with E-state index in [2.05, 4.69) is 20.9 Å². The minimum atomic E-state index is -5.08. The summed E-state index contributed by atoms with van der Waals surface area (Å²) in [6, 6.07) is 14.7. The fraction of sp³-hybridized carbons (Fsp3) is 0.136. The van der Waals surface area contributed by atoms with Crippen LogP contribution < -0.4 is 5.73 Å². The summed E-state index contributed by atoms with van der Waals surface area (Å²) in [5.41, 5.74) is 8.11. The number of hydrogen-bond acceptors (Lipinski definition) is 7. The van der Waals surface area contributed by atoms with E-state index < -0.39 is 22.0 Å². The van der Waals surface area contributed by atoms with Gasteiger partial charge in [0.25, 0.3) is 0 Å². The summed E-state index contributed by atoms with van der Waals surface area (Å²) >= 11 is 6.07. The van der Waals surface area contributed by atoms with Gasteiger partial charge in [0.1, 0.15) is 5.84 Å². The summed E-state index contributed by atoms with van der Waals surface area (Å²) in [6.07, 6.45) is -1.57. The van der Waals surface area contributed by atoms with Crippen LogP contribution in [-0.2, 0) is 21.2 Å². The van der Waals surface area contributed by atoms with Gasteiger partial charge in [0.15, 0.2) is 0 Å². The molecule has 2 aromatic heterocycles. The van der Waals surface area contributed by atoms with Crippen LogP contribution in [0.2, 0.25) is 0 Å². The number of halogens is 4. The van der Waals surface area contributed by atoms with E-state index in [-0.39, 0.29) is 15.6 Å². The number of sulfone groups is 1. The predicted molar refractivity (Wildman–Crippen MR) is 139 cm³/mol. The number of nitrogen functional groups attached to an aromatic ring is 1. The highest BCUT2D eigenvalue weighted by molar-refractivity contribution is 9.10. The van der Waals surface area contributed by atoms with Crippen molar-refractivity contribution in [2.24, 2.45) is 5.73 Å². The van der Waals surface area contributed by atoms with Crippen molar-refractivity contribution < 1.29 is 31.5 Å². The van der Waals surface area contributed by atoms with Gasteiger partial charge < -0.3 is 15.4 Å². The van der Waals surface area contributed by atoms with Gasteiger partial charge in [-0.05, 0) is 45.9 Å². The highest BCUT2D eigenvalue weighted by Crippen LogP contribution is 2.38. The van der Waals surface area contributed by atoms with Gasteiger partial charge in [-0.15, -0.1) is 23.1 Å². The molecule has 0 unspecified atom stereocenters. The number of hydrogen-bond donors (Lipinski definition) is 3. The van der Waals surface area contributed by atoms with E-state index in [1.165, 1.54) is 29.2 Å². The molecule has 2 aromatic carbocycles. The van der Waals surface area contributed by atoms with E-state index in [1.807, 2.05) is 34.9 Å². The van der Waals surface area contributed by atoms with Crippen molar-refractivity contribution in [3.63, 3.8) is 0 Å². The van der Waals surface area contributed by atoms with Crippen LogP contribution in [0.25, 0.3) is 11.0 Å². The summed E-state index contributed by atoms with van der Waals surface area (Å²) in [5, 5.41) is 14.8. The monoisotopic (exact) mass is 634 g/mol. The quantitative estimate of drug-likeness (QED) is 0.147. The number of alkyl halides is 3. The number of aliphatic carboxylic acids is 1. The minimum absolute atomic E-state index is 0.145. The smallest absolute Gasteiger partial charge is 0.475 e. The van der Waals surface area contributed by atoms with Gasteiger partial charge in [0, 0.05) is 11.0 Å². The van der Waals surface area contributed by atoms with Crippen LogP contribution >= 0.6 is 39.0 Å². The summed E-state index contributed by atoms with van der Waals surface area (Å²) in [6.45, 7) is 0.630. The first-order chi connectivity index (χ1) is 17.3. The van der Waals surface area contributed by atoms with Crippen molar-refractivity contribution in [3.8, 4) is 0 Å². The zero-order valence-corrected chi connectivity index (χ0v) is 22.8. The van der Waals surface area contributed by atoms with Gasteiger partial charge in [-0.25, -0.2) is 18.2 Å². The van der Waals surface area contributed by atoms with Gasteiger partial charge in [0.2, 0.25) is 9.84 Å². The Hall–Kier alpha value is -2.88. The molecule has 0 saturated heterocycles. The van der Waals surface area contributed by atoms with Crippen LogP contribution in [0.3, 0.4) is 0 Å². The summed E-state index contributed by atoms with van der Waals surface area (Å²) < 4.78 is 61.7. The molecule has 196 valence electrons. The van der Waals surface area contributed by atoms with Crippen molar-refractivity contribution >= 4 is 71.7 Å². The molecule has 0 atom stereocenters. The second-order valence-corrected chi connectivity index (χ2v) is 12.2. The first-order valence-electron chi connectivity index (χ1n) is 10.0. The van der Waals surface area contributed by atoms with E-state index in [9.17, 15) is 21.6 Å². The molecule has 15 heteroatoms. The largest absolute Gasteiger partial charge is 0.490 e. The maximum absolute atomic E-state index is 13.4. The highest BCUT2D eigenvalue weighted by atomic mass is 79.9. The highest BCUT2D eigenvalue weighted by Gasteiger charge is 2.38. The van der Waals surface area contributed by atoms with Crippen LogP contribution in [0.4, 0.5) is 13.2 Å². The number of rotatable bonds is 6. The average molecular weight is 636 g/mol. The number of benzene rings is 2. The molecule has 0 aliphatic carbocycles. The SMILES string of the molecule is CSc1sc(C(=N)N)cc1S(=O)(=O)c1cc(Br)c2c(c1)ncn2Cc1ccccc1.O=C(O)C(F)(F)F. The Morgan fingerprint density at radius 3 is 2.41 bits per heavy atom. The van der Waals surface area contributed by atoms with Gasteiger partial charge in [0.05, 0.1) is 36.2 Å². The third kappa shape index (κ3) is 6.52. The number of thioether (sulfide) groups is 1. The predicted octanol–water partition coefficient (Wildman–Crippen LogP) is 5.38. The van der Waals surface area contributed by atoms with Crippen molar-refractivity contribution in [2.45, 2.75) is 26.7 Å². The zero-order valence-electron chi connectivity index (χ0n) is 18.8. The zero-order chi connectivity index (χ0) is 27.5. The Labute approximate surface area is 225 Å². The number of amidine groups is 1. The molecule has 4 rings (SSSR count). The molecule has 0 aliphatic rings. The number of aromatic nitrogens is 2. The molecule has 0 fully saturated rings.